The van der Waals surface area contributed by atoms with Crippen LogP contribution < -0.4 is 5.32 Å². The molecule has 1 fully saturated rings. The summed E-state index contributed by atoms with van der Waals surface area (Å²) in [5.74, 6) is 2.13. The Balaban J connectivity index is 1.68. The van der Waals surface area contributed by atoms with Gasteiger partial charge in [-0.05, 0) is 41.8 Å². The first-order valence-electron chi connectivity index (χ1n) is 9.28. The molecule has 1 saturated heterocycles. The van der Waals surface area contributed by atoms with Crippen LogP contribution in [0.15, 0.2) is 42.5 Å². The largest absolute Gasteiger partial charge is 0.322 e. The van der Waals surface area contributed by atoms with E-state index in [4.69, 9.17) is 0 Å². The van der Waals surface area contributed by atoms with Crippen LogP contribution in [0.1, 0.15) is 27.0 Å². The number of carbonyl (C=O) groups excluding carboxylic acids is 1. The highest BCUT2D eigenvalue weighted by atomic mass is 32.2. The molecule has 0 spiro atoms. The van der Waals surface area contributed by atoms with Crippen molar-refractivity contribution in [2.75, 3.05) is 36.2 Å². The number of aryl methyl sites for hydroxylation is 1. The van der Waals surface area contributed by atoms with E-state index in [1.807, 2.05) is 30.8 Å². The number of sulfone groups is 1. The molecule has 150 valence electrons. The van der Waals surface area contributed by atoms with Gasteiger partial charge >= 0.3 is 0 Å². The lowest BCUT2D eigenvalue weighted by molar-refractivity contribution is 0.102. The molecule has 0 radical (unpaired) electrons. The summed E-state index contributed by atoms with van der Waals surface area (Å²) in [6.07, 6.45) is 1.20. The van der Waals surface area contributed by atoms with E-state index in [0.29, 0.717) is 11.1 Å². The van der Waals surface area contributed by atoms with Crippen molar-refractivity contribution in [1.82, 2.24) is 4.90 Å². The van der Waals surface area contributed by atoms with E-state index in [-0.39, 0.29) is 11.7 Å². The first kappa shape index (κ1) is 20.9. The summed E-state index contributed by atoms with van der Waals surface area (Å²) in [6.45, 7) is 5.07. The molecule has 0 bridgehead atoms. The molecule has 28 heavy (non-hydrogen) atoms. The molecule has 3 rings (SSSR count). The van der Waals surface area contributed by atoms with Crippen molar-refractivity contribution in [3.8, 4) is 0 Å². The Morgan fingerprint density at radius 1 is 1.07 bits per heavy atom. The van der Waals surface area contributed by atoms with E-state index in [9.17, 15) is 13.2 Å². The number of thioether (sulfide) groups is 1. The van der Waals surface area contributed by atoms with Crippen molar-refractivity contribution in [2.45, 2.75) is 19.2 Å². The molecule has 1 aliphatic heterocycles. The Bertz CT molecular complexity index is 935. The number of rotatable bonds is 6. The van der Waals surface area contributed by atoms with Gasteiger partial charge in [-0.15, -0.1) is 0 Å². The number of nitrogens with one attached hydrogen (secondary N) is 1. The lowest BCUT2D eigenvalue weighted by atomic mass is 10.1. The topological polar surface area (TPSA) is 66.5 Å². The van der Waals surface area contributed by atoms with Gasteiger partial charge < -0.3 is 5.32 Å². The lowest BCUT2D eigenvalue weighted by Gasteiger charge is -2.26. The van der Waals surface area contributed by atoms with Gasteiger partial charge in [-0.3, -0.25) is 9.69 Å². The molecular formula is C21H26N2O3S2. The molecule has 0 atom stereocenters. The Morgan fingerprint density at radius 2 is 1.71 bits per heavy atom. The third kappa shape index (κ3) is 6.09. The van der Waals surface area contributed by atoms with E-state index in [2.05, 4.69) is 16.3 Å². The molecule has 0 saturated carbocycles. The number of benzene rings is 2. The first-order chi connectivity index (χ1) is 13.3. The second-order valence-electron chi connectivity index (χ2n) is 7.26. The van der Waals surface area contributed by atoms with Gasteiger partial charge in [0.25, 0.3) is 5.91 Å². The quantitative estimate of drug-likeness (QED) is 0.779. The summed E-state index contributed by atoms with van der Waals surface area (Å²) in [6, 6.07) is 12.9. The average Bonchev–Trinajstić information content (AvgIpc) is 2.64. The molecule has 1 aliphatic rings. The lowest BCUT2D eigenvalue weighted by Crippen LogP contribution is -2.32. The van der Waals surface area contributed by atoms with Gasteiger partial charge in [0.1, 0.15) is 0 Å². The van der Waals surface area contributed by atoms with Crippen LogP contribution in [0, 0.1) is 6.92 Å². The van der Waals surface area contributed by atoms with Gasteiger partial charge in [-0.25, -0.2) is 8.42 Å². The molecule has 2 aromatic carbocycles. The van der Waals surface area contributed by atoms with E-state index in [0.717, 1.165) is 30.9 Å². The Hall–Kier alpha value is -1.83. The fourth-order valence-electron chi connectivity index (χ4n) is 3.17. The van der Waals surface area contributed by atoms with Gasteiger partial charge in [-0.2, -0.15) is 11.8 Å². The van der Waals surface area contributed by atoms with Crippen molar-refractivity contribution in [3.05, 3.63) is 64.7 Å². The Morgan fingerprint density at radius 3 is 2.36 bits per heavy atom. The molecule has 5 nitrogen and oxygen atoms in total. The van der Waals surface area contributed by atoms with Crippen molar-refractivity contribution in [1.29, 1.82) is 0 Å². The molecule has 0 unspecified atom stereocenters. The normalized spacial score (nSPS) is 15.4. The number of hydrogen-bond donors (Lipinski definition) is 1. The smallest absolute Gasteiger partial charge is 0.255 e. The number of amides is 1. The van der Waals surface area contributed by atoms with Crippen LogP contribution in [-0.2, 0) is 22.1 Å². The van der Waals surface area contributed by atoms with Crippen LogP contribution in [0.3, 0.4) is 0 Å². The molecular weight excluding hydrogens is 392 g/mol. The van der Waals surface area contributed by atoms with E-state index >= 15 is 0 Å². The fourth-order valence-corrected chi connectivity index (χ4v) is 4.95. The second kappa shape index (κ2) is 9.11. The summed E-state index contributed by atoms with van der Waals surface area (Å²) in [5.41, 5.74) is 4.21. The second-order valence-corrected chi connectivity index (χ2v) is 10.6. The summed E-state index contributed by atoms with van der Waals surface area (Å²) in [7, 11) is -3.09. The zero-order chi connectivity index (χ0) is 20.1. The zero-order valence-electron chi connectivity index (χ0n) is 16.3. The minimum absolute atomic E-state index is 0.0228. The molecule has 1 amide bonds. The number of carbonyl (C=O) groups is 1. The number of nitrogens with zero attached hydrogens (tertiary/aromatic N) is 1. The van der Waals surface area contributed by atoms with Gasteiger partial charge in [-0.1, -0.05) is 24.3 Å². The maximum absolute atomic E-state index is 12.6. The van der Waals surface area contributed by atoms with Crippen LogP contribution >= 0.6 is 11.8 Å². The highest BCUT2D eigenvalue weighted by molar-refractivity contribution is 7.99. The fraction of sp³-hybridized carbons (Fsp3) is 0.381. The van der Waals surface area contributed by atoms with Crippen LogP contribution in [-0.4, -0.2) is 50.1 Å². The number of anilines is 1. The van der Waals surface area contributed by atoms with Crippen LogP contribution in [0.4, 0.5) is 5.69 Å². The summed E-state index contributed by atoms with van der Waals surface area (Å²) < 4.78 is 22.8. The van der Waals surface area contributed by atoms with Crippen LogP contribution in [0.5, 0.6) is 0 Å². The van der Waals surface area contributed by atoms with Crippen molar-refractivity contribution < 1.29 is 13.2 Å². The summed E-state index contributed by atoms with van der Waals surface area (Å²) in [4.78, 5) is 15.1. The third-order valence-electron chi connectivity index (χ3n) is 4.71. The minimum atomic E-state index is -3.09. The predicted octanol–water partition coefficient (Wildman–Crippen LogP) is 3.34. The molecule has 1 heterocycles. The maximum atomic E-state index is 12.6. The van der Waals surface area contributed by atoms with Gasteiger partial charge in [0, 0.05) is 48.6 Å². The van der Waals surface area contributed by atoms with Crippen molar-refractivity contribution in [2.24, 2.45) is 0 Å². The maximum Gasteiger partial charge on any atom is 0.255 e. The average molecular weight is 419 g/mol. The monoisotopic (exact) mass is 418 g/mol. The number of hydrogen-bond acceptors (Lipinski definition) is 5. The molecule has 1 N–H and O–H groups in total. The van der Waals surface area contributed by atoms with Gasteiger partial charge in [0.15, 0.2) is 9.84 Å². The predicted molar refractivity (Wildman–Crippen MR) is 117 cm³/mol. The first-order valence-corrected chi connectivity index (χ1v) is 12.5. The molecule has 7 heteroatoms. The van der Waals surface area contributed by atoms with Crippen LogP contribution in [0.2, 0.25) is 0 Å². The highest BCUT2D eigenvalue weighted by Crippen LogP contribution is 2.21. The standard InChI is InChI=1S/C21H26N2O3S2/c1-16-3-4-18(14-23-9-11-27-12-10-23)13-20(16)22-21(24)19-7-5-17(6-8-19)15-28(2,25)26/h3-8,13H,9-12,14-15H2,1-2H3,(H,22,24). The van der Waals surface area contributed by atoms with E-state index in [1.165, 1.54) is 23.3 Å². The Labute approximate surface area is 171 Å². The zero-order valence-corrected chi connectivity index (χ0v) is 17.9. The highest BCUT2D eigenvalue weighted by Gasteiger charge is 2.13. The summed E-state index contributed by atoms with van der Waals surface area (Å²) in [5, 5.41) is 2.99. The summed E-state index contributed by atoms with van der Waals surface area (Å²) >= 11 is 1.99. The SMILES string of the molecule is Cc1ccc(CN2CCSCC2)cc1NC(=O)c1ccc(CS(C)(=O)=O)cc1. The van der Waals surface area contributed by atoms with E-state index < -0.39 is 9.84 Å². The van der Waals surface area contributed by atoms with Gasteiger partial charge in [0.05, 0.1) is 5.75 Å². The molecule has 0 aromatic heterocycles. The van der Waals surface area contributed by atoms with Crippen molar-refractivity contribution >= 4 is 33.2 Å². The molecule has 0 aliphatic carbocycles. The minimum Gasteiger partial charge on any atom is -0.322 e. The third-order valence-corrected chi connectivity index (χ3v) is 6.51. The van der Waals surface area contributed by atoms with Crippen molar-refractivity contribution in [3.63, 3.8) is 0 Å². The Kier molecular flexibility index (Phi) is 6.80. The van der Waals surface area contributed by atoms with Crippen LogP contribution in [0.25, 0.3) is 0 Å². The molecule has 2 aromatic rings. The van der Waals surface area contributed by atoms with E-state index in [1.54, 1.807) is 24.3 Å². The van der Waals surface area contributed by atoms with Gasteiger partial charge in [0.2, 0.25) is 0 Å².